The van der Waals surface area contributed by atoms with Gasteiger partial charge in [-0.2, -0.15) is 5.10 Å². The van der Waals surface area contributed by atoms with Crippen LogP contribution in [0.5, 0.6) is 0 Å². The number of amides is 1. The first-order chi connectivity index (χ1) is 14.0. The molecule has 2 aliphatic rings. The second-order valence-electron chi connectivity index (χ2n) is 8.65. The van der Waals surface area contributed by atoms with Gasteiger partial charge in [-0.1, -0.05) is 13.8 Å². The molecule has 1 saturated heterocycles. The molecule has 1 aliphatic carbocycles. The van der Waals surface area contributed by atoms with Crippen LogP contribution >= 0.6 is 11.3 Å². The molecule has 154 valence electrons. The molecule has 2 fully saturated rings. The zero-order valence-corrected chi connectivity index (χ0v) is 17.7. The third-order valence-corrected chi connectivity index (χ3v) is 6.92. The zero-order valence-electron chi connectivity index (χ0n) is 16.9. The molecule has 1 saturated carbocycles. The first kappa shape index (κ1) is 18.8. The number of nitrogens with zero attached hydrogens (tertiary/aromatic N) is 4. The monoisotopic (exact) mass is 413 g/mol. The summed E-state index contributed by atoms with van der Waals surface area (Å²) in [6.45, 7) is 6.14. The van der Waals surface area contributed by atoms with Crippen molar-refractivity contribution < 1.29 is 4.79 Å². The molecule has 1 aliphatic heterocycles. The molecular weight excluding hydrogens is 386 g/mol. The van der Waals surface area contributed by atoms with Crippen molar-refractivity contribution in [1.29, 1.82) is 0 Å². The Labute approximate surface area is 173 Å². The van der Waals surface area contributed by atoms with Crippen LogP contribution in [0, 0.1) is 0 Å². The quantitative estimate of drug-likeness (QED) is 0.698. The zero-order chi connectivity index (χ0) is 20.1. The molecule has 5 rings (SSSR count). The van der Waals surface area contributed by atoms with Crippen LogP contribution in [0.2, 0.25) is 0 Å². The maximum absolute atomic E-state index is 13.0. The second kappa shape index (κ2) is 7.25. The van der Waals surface area contributed by atoms with Gasteiger partial charge in [-0.25, -0.2) is 4.68 Å². The Morgan fingerprint density at radius 1 is 1.34 bits per heavy atom. The Hall–Kier alpha value is -2.19. The Kier molecular flexibility index (Phi) is 4.70. The number of nitrogens with one attached hydrogen (secondary N) is 1. The van der Waals surface area contributed by atoms with Gasteiger partial charge in [0, 0.05) is 29.9 Å². The Morgan fingerprint density at radius 2 is 2.17 bits per heavy atom. The molecule has 1 N–H and O–H groups in total. The molecule has 1 amide bonds. The number of rotatable bonds is 5. The lowest BCUT2D eigenvalue weighted by Gasteiger charge is -2.33. The summed E-state index contributed by atoms with van der Waals surface area (Å²) in [4.78, 5) is 29.3. The number of carbonyl (C=O) groups excluding carboxylic acids is 1. The van der Waals surface area contributed by atoms with Crippen molar-refractivity contribution in [2.24, 2.45) is 0 Å². The third-order valence-electron chi connectivity index (χ3n) is 6.01. The van der Waals surface area contributed by atoms with E-state index in [1.807, 2.05) is 21.9 Å². The minimum Gasteiger partial charge on any atom is -0.350 e. The van der Waals surface area contributed by atoms with Gasteiger partial charge in [0.2, 0.25) is 5.91 Å². The minimum absolute atomic E-state index is 0.0339. The smallest absolute Gasteiger partial charge is 0.291 e. The Balaban J connectivity index is 1.40. The van der Waals surface area contributed by atoms with Crippen molar-refractivity contribution in [3.8, 4) is 0 Å². The van der Waals surface area contributed by atoms with E-state index in [1.54, 1.807) is 11.3 Å². The maximum atomic E-state index is 13.0. The number of likely N-dealkylation sites (tertiary alicyclic amines) is 1. The van der Waals surface area contributed by atoms with Crippen molar-refractivity contribution in [2.45, 2.75) is 64.1 Å². The molecule has 1 atom stereocenters. The first-order valence-electron chi connectivity index (χ1n) is 10.5. The summed E-state index contributed by atoms with van der Waals surface area (Å²) in [7, 11) is 0. The van der Waals surface area contributed by atoms with Gasteiger partial charge in [0.15, 0.2) is 0 Å². The lowest BCUT2D eigenvalue weighted by molar-refractivity contribution is -0.123. The van der Waals surface area contributed by atoms with Gasteiger partial charge in [-0.05, 0) is 49.7 Å². The summed E-state index contributed by atoms with van der Waals surface area (Å²) >= 11 is 1.61. The molecule has 0 bridgehead atoms. The highest BCUT2D eigenvalue weighted by Gasteiger charge is 2.33. The van der Waals surface area contributed by atoms with Crippen LogP contribution < -0.4 is 10.9 Å². The van der Waals surface area contributed by atoms with Crippen molar-refractivity contribution in [3.63, 3.8) is 0 Å². The normalized spacial score (nSPS) is 20.7. The highest BCUT2D eigenvalue weighted by Crippen LogP contribution is 2.29. The number of aromatic nitrogens is 3. The van der Waals surface area contributed by atoms with Crippen LogP contribution in [0.15, 0.2) is 22.3 Å². The van der Waals surface area contributed by atoms with Gasteiger partial charge >= 0.3 is 0 Å². The van der Waals surface area contributed by atoms with E-state index in [0.29, 0.717) is 5.52 Å². The van der Waals surface area contributed by atoms with Gasteiger partial charge in [-0.15, -0.1) is 11.3 Å². The average molecular weight is 414 g/mol. The fourth-order valence-corrected chi connectivity index (χ4v) is 5.34. The molecule has 0 aromatic carbocycles. The fraction of sp³-hybridized carbons (Fsp3) is 0.571. The van der Waals surface area contributed by atoms with Gasteiger partial charge < -0.3 is 5.32 Å². The summed E-state index contributed by atoms with van der Waals surface area (Å²) in [6.07, 6.45) is 4.69. The van der Waals surface area contributed by atoms with Crippen LogP contribution in [0.4, 0.5) is 0 Å². The van der Waals surface area contributed by atoms with E-state index < -0.39 is 0 Å². The topological polar surface area (TPSA) is 71.6 Å². The summed E-state index contributed by atoms with van der Waals surface area (Å²) in [6, 6.07) is 4.81. The van der Waals surface area contributed by atoms with E-state index in [9.17, 15) is 9.59 Å². The maximum Gasteiger partial charge on any atom is 0.291 e. The van der Waals surface area contributed by atoms with Crippen molar-refractivity contribution >= 4 is 33.0 Å². The SMILES string of the molecule is CC(C)c1nn(CC(=O)N[C@@H]2CCCN(C3CC3)C2)c(=O)c2cc3ccsc3n12. The summed E-state index contributed by atoms with van der Waals surface area (Å²) < 4.78 is 3.29. The van der Waals surface area contributed by atoms with Crippen LogP contribution in [0.1, 0.15) is 51.3 Å². The van der Waals surface area contributed by atoms with Gasteiger partial charge in [0.25, 0.3) is 5.56 Å². The highest BCUT2D eigenvalue weighted by atomic mass is 32.1. The molecule has 0 unspecified atom stereocenters. The van der Waals surface area contributed by atoms with Crippen LogP contribution in [0.25, 0.3) is 15.7 Å². The van der Waals surface area contributed by atoms with E-state index in [0.717, 1.165) is 48.0 Å². The number of fused-ring (bicyclic) bond motifs is 3. The average Bonchev–Trinajstić information content (AvgIpc) is 3.33. The fourth-order valence-electron chi connectivity index (χ4n) is 4.44. The number of piperidine rings is 1. The first-order valence-corrected chi connectivity index (χ1v) is 11.4. The van der Waals surface area contributed by atoms with Gasteiger partial charge in [0.1, 0.15) is 22.7 Å². The van der Waals surface area contributed by atoms with Gasteiger partial charge in [-0.3, -0.25) is 18.9 Å². The Bertz CT molecular complexity index is 1120. The lowest BCUT2D eigenvalue weighted by atomic mass is 10.1. The van der Waals surface area contributed by atoms with Crippen LogP contribution in [0.3, 0.4) is 0 Å². The number of hydrogen-bond donors (Lipinski definition) is 1. The van der Waals surface area contributed by atoms with Crippen molar-refractivity contribution in [3.05, 3.63) is 33.7 Å². The van der Waals surface area contributed by atoms with E-state index in [-0.39, 0.29) is 30.0 Å². The van der Waals surface area contributed by atoms with Crippen molar-refractivity contribution in [1.82, 2.24) is 24.4 Å². The predicted molar refractivity (Wildman–Crippen MR) is 115 cm³/mol. The minimum atomic E-state index is -0.212. The standard InChI is InChI=1S/C21H27N5O2S/c1-13(2)19-23-25(20(28)17-10-14-7-9-29-21(14)26(17)19)12-18(27)22-15-4-3-8-24(11-15)16-5-6-16/h7,9-10,13,15-16H,3-6,8,11-12H2,1-2H3,(H,22,27)/t15-/m1/s1. The largest absolute Gasteiger partial charge is 0.350 e. The van der Waals surface area contributed by atoms with Gasteiger partial charge in [0.05, 0.1) is 0 Å². The number of hydrogen-bond acceptors (Lipinski definition) is 5. The molecular formula is C21H27N5O2S. The molecule has 3 aromatic rings. The van der Waals surface area contributed by atoms with Crippen molar-refractivity contribution in [2.75, 3.05) is 13.1 Å². The third kappa shape index (κ3) is 3.48. The summed E-state index contributed by atoms with van der Waals surface area (Å²) in [5.41, 5.74) is 0.382. The summed E-state index contributed by atoms with van der Waals surface area (Å²) in [5, 5.41) is 10.8. The summed E-state index contributed by atoms with van der Waals surface area (Å²) in [5.74, 6) is 0.813. The van der Waals surface area contributed by atoms with E-state index >= 15 is 0 Å². The molecule has 7 nitrogen and oxygen atoms in total. The molecule has 0 spiro atoms. The van der Waals surface area contributed by atoms with Crippen LogP contribution in [-0.4, -0.2) is 50.2 Å². The van der Waals surface area contributed by atoms with Crippen LogP contribution in [-0.2, 0) is 11.3 Å². The predicted octanol–water partition coefficient (Wildman–Crippen LogP) is 2.58. The molecule has 8 heteroatoms. The second-order valence-corrected chi connectivity index (χ2v) is 9.55. The van der Waals surface area contributed by atoms with E-state index in [2.05, 4.69) is 29.2 Å². The van der Waals surface area contributed by atoms with E-state index in [4.69, 9.17) is 0 Å². The number of carbonyl (C=O) groups is 1. The lowest BCUT2D eigenvalue weighted by Crippen LogP contribution is -2.49. The Morgan fingerprint density at radius 3 is 2.93 bits per heavy atom. The number of thiophene rings is 1. The highest BCUT2D eigenvalue weighted by molar-refractivity contribution is 7.16. The molecule has 3 aromatic heterocycles. The molecule has 29 heavy (non-hydrogen) atoms. The molecule has 4 heterocycles. The molecule has 0 radical (unpaired) electrons. The van der Waals surface area contributed by atoms with E-state index in [1.165, 1.54) is 17.5 Å².